The summed E-state index contributed by atoms with van der Waals surface area (Å²) in [5, 5.41) is 3.31. The van der Waals surface area contributed by atoms with E-state index in [4.69, 9.17) is 23.2 Å². The lowest BCUT2D eigenvalue weighted by molar-refractivity contribution is -0.116. The van der Waals surface area contributed by atoms with Gasteiger partial charge in [0.15, 0.2) is 0 Å². The minimum Gasteiger partial charge on any atom is -0.372 e. The number of hydrogen-bond acceptors (Lipinski definition) is 4. The Morgan fingerprint density at radius 2 is 1.67 bits per heavy atom. The third-order valence-corrected chi connectivity index (χ3v) is 7.08. The van der Waals surface area contributed by atoms with Gasteiger partial charge in [0.25, 0.3) is 0 Å². The fraction of sp³-hybridized carbons (Fsp3) is 0.381. The van der Waals surface area contributed by atoms with E-state index in [1.165, 1.54) is 44.4 Å². The highest BCUT2D eigenvalue weighted by molar-refractivity contribution is 7.92. The van der Waals surface area contributed by atoms with Gasteiger partial charge in [0.2, 0.25) is 15.9 Å². The number of piperidine rings is 1. The van der Waals surface area contributed by atoms with E-state index in [-0.39, 0.29) is 10.7 Å². The molecule has 1 fully saturated rings. The van der Waals surface area contributed by atoms with Crippen molar-refractivity contribution in [2.45, 2.75) is 32.2 Å². The van der Waals surface area contributed by atoms with E-state index < -0.39 is 22.0 Å². The van der Waals surface area contributed by atoms with Gasteiger partial charge in [0.1, 0.15) is 6.04 Å². The molecular weight excluding hydrogens is 445 g/mol. The number of carbonyl (C=O) groups is 1. The summed E-state index contributed by atoms with van der Waals surface area (Å²) in [6, 6.07) is 11.1. The van der Waals surface area contributed by atoms with Gasteiger partial charge in [0, 0.05) is 24.5 Å². The summed E-state index contributed by atoms with van der Waals surface area (Å²) in [5.74, 6) is -0.447. The zero-order chi connectivity index (χ0) is 21.9. The van der Waals surface area contributed by atoms with Crippen molar-refractivity contribution in [1.82, 2.24) is 0 Å². The van der Waals surface area contributed by atoms with Crippen LogP contribution in [0.15, 0.2) is 42.5 Å². The Kier molecular flexibility index (Phi) is 7.16. The average Bonchev–Trinajstić information content (AvgIpc) is 2.71. The van der Waals surface area contributed by atoms with Gasteiger partial charge >= 0.3 is 0 Å². The van der Waals surface area contributed by atoms with Crippen LogP contribution < -0.4 is 14.5 Å². The summed E-state index contributed by atoms with van der Waals surface area (Å²) >= 11 is 12.0. The molecule has 0 aliphatic carbocycles. The fourth-order valence-electron chi connectivity index (χ4n) is 3.59. The topological polar surface area (TPSA) is 69.7 Å². The first-order valence-electron chi connectivity index (χ1n) is 9.77. The molecule has 0 aromatic heterocycles. The van der Waals surface area contributed by atoms with Crippen molar-refractivity contribution >= 4 is 56.2 Å². The minimum absolute atomic E-state index is 0.212. The highest BCUT2D eigenvalue weighted by Gasteiger charge is 2.29. The van der Waals surface area contributed by atoms with Crippen molar-refractivity contribution in [2.75, 3.05) is 33.9 Å². The van der Waals surface area contributed by atoms with E-state index in [1.807, 2.05) is 24.3 Å². The highest BCUT2D eigenvalue weighted by Crippen LogP contribution is 2.30. The van der Waals surface area contributed by atoms with Crippen molar-refractivity contribution in [1.29, 1.82) is 0 Å². The molecule has 30 heavy (non-hydrogen) atoms. The SMILES string of the molecule is CC(C(=O)Nc1ccc(N2CCCCC2)cc1)N(c1ccc(Cl)c(Cl)c1)S(C)(=O)=O. The molecule has 9 heteroatoms. The molecule has 1 aliphatic heterocycles. The van der Waals surface area contributed by atoms with Gasteiger partial charge in [-0.1, -0.05) is 23.2 Å². The Morgan fingerprint density at radius 1 is 1.03 bits per heavy atom. The molecule has 0 bridgehead atoms. The number of amides is 1. The number of nitrogens with one attached hydrogen (secondary N) is 1. The van der Waals surface area contributed by atoms with Crippen molar-refractivity contribution in [3.8, 4) is 0 Å². The van der Waals surface area contributed by atoms with Gasteiger partial charge in [-0.2, -0.15) is 0 Å². The standard InChI is InChI=1S/C21H25Cl2N3O3S/c1-15(26(30(2,28)29)18-10-11-19(22)20(23)14-18)21(27)24-16-6-8-17(9-7-16)25-12-4-3-5-13-25/h6-11,14-15H,3-5,12-13H2,1-2H3,(H,24,27). The molecular formula is C21H25Cl2N3O3S. The van der Waals surface area contributed by atoms with Gasteiger partial charge in [0.05, 0.1) is 22.0 Å². The number of anilines is 3. The zero-order valence-electron chi connectivity index (χ0n) is 16.9. The number of benzene rings is 2. The Labute approximate surface area is 187 Å². The molecule has 1 heterocycles. The maximum atomic E-state index is 12.8. The van der Waals surface area contributed by atoms with Gasteiger partial charge in [-0.05, 0) is 68.7 Å². The summed E-state index contributed by atoms with van der Waals surface area (Å²) in [4.78, 5) is 15.2. The third kappa shape index (κ3) is 5.39. The van der Waals surface area contributed by atoms with Crippen LogP contribution in [0.3, 0.4) is 0 Å². The molecule has 1 atom stereocenters. The number of hydrogen-bond donors (Lipinski definition) is 1. The van der Waals surface area contributed by atoms with Crippen molar-refractivity contribution in [3.05, 3.63) is 52.5 Å². The lowest BCUT2D eigenvalue weighted by atomic mass is 10.1. The lowest BCUT2D eigenvalue weighted by Crippen LogP contribution is -2.45. The molecule has 0 radical (unpaired) electrons. The van der Waals surface area contributed by atoms with Gasteiger partial charge < -0.3 is 10.2 Å². The van der Waals surface area contributed by atoms with Crippen LogP contribution >= 0.6 is 23.2 Å². The summed E-state index contributed by atoms with van der Waals surface area (Å²) < 4.78 is 25.9. The number of nitrogens with zero attached hydrogens (tertiary/aromatic N) is 2. The normalized spacial score (nSPS) is 15.5. The number of halogens is 2. The number of carbonyl (C=O) groups excluding carboxylic acids is 1. The smallest absolute Gasteiger partial charge is 0.247 e. The van der Waals surface area contributed by atoms with E-state index in [0.717, 1.165) is 29.3 Å². The molecule has 0 saturated carbocycles. The Bertz CT molecular complexity index is 1010. The molecule has 3 rings (SSSR count). The third-order valence-electron chi connectivity index (χ3n) is 5.10. The molecule has 1 saturated heterocycles. The van der Waals surface area contributed by atoms with Crippen molar-refractivity contribution in [2.24, 2.45) is 0 Å². The Morgan fingerprint density at radius 3 is 2.23 bits per heavy atom. The van der Waals surface area contributed by atoms with E-state index >= 15 is 0 Å². The quantitative estimate of drug-likeness (QED) is 0.660. The monoisotopic (exact) mass is 469 g/mol. The Hall–Kier alpha value is -1.96. The Balaban J connectivity index is 1.76. The number of sulfonamides is 1. The van der Waals surface area contributed by atoms with E-state index in [0.29, 0.717) is 10.7 Å². The minimum atomic E-state index is -3.74. The van der Waals surface area contributed by atoms with E-state index in [2.05, 4.69) is 10.2 Å². The first-order valence-corrected chi connectivity index (χ1v) is 12.4. The molecule has 2 aromatic carbocycles. The maximum Gasteiger partial charge on any atom is 0.247 e. The second kappa shape index (κ2) is 9.45. The van der Waals surface area contributed by atoms with Crippen LogP contribution in [-0.2, 0) is 14.8 Å². The summed E-state index contributed by atoms with van der Waals surface area (Å²) in [5.41, 5.74) is 2.00. The molecule has 2 aromatic rings. The van der Waals surface area contributed by atoms with Crippen LogP contribution in [0.4, 0.5) is 17.1 Å². The van der Waals surface area contributed by atoms with Gasteiger partial charge in [-0.15, -0.1) is 0 Å². The molecule has 1 unspecified atom stereocenters. The highest BCUT2D eigenvalue weighted by atomic mass is 35.5. The van der Waals surface area contributed by atoms with Crippen molar-refractivity contribution < 1.29 is 13.2 Å². The summed E-state index contributed by atoms with van der Waals surface area (Å²) in [6.45, 7) is 3.60. The van der Waals surface area contributed by atoms with E-state index in [1.54, 1.807) is 0 Å². The van der Waals surface area contributed by atoms with Crippen LogP contribution in [0, 0.1) is 0 Å². The van der Waals surface area contributed by atoms with Crippen LogP contribution in [0.5, 0.6) is 0 Å². The van der Waals surface area contributed by atoms with Gasteiger partial charge in [-0.25, -0.2) is 8.42 Å². The van der Waals surface area contributed by atoms with Crippen LogP contribution in [-0.4, -0.2) is 39.7 Å². The average molecular weight is 470 g/mol. The first kappa shape index (κ1) is 22.7. The van der Waals surface area contributed by atoms with Gasteiger partial charge in [-0.3, -0.25) is 9.10 Å². The largest absolute Gasteiger partial charge is 0.372 e. The lowest BCUT2D eigenvalue weighted by Gasteiger charge is -2.29. The van der Waals surface area contributed by atoms with Crippen LogP contribution in [0.2, 0.25) is 10.0 Å². The van der Waals surface area contributed by atoms with E-state index in [9.17, 15) is 13.2 Å². The first-order chi connectivity index (χ1) is 14.2. The predicted molar refractivity (Wildman–Crippen MR) is 124 cm³/mol. The predicted octanol–water partition coefficient (Wildman–Crippen LogP) is 4.78. The van der Waals surface area contributed by atoms with Crippen molar-refractivity contribution in [3.63, 3.8) is 0 Å². The van der Waals surface area contributed by atoms with Crippen LogP contribution in [0.1, 0.15) is 26.2 Å². The molecule has 1 N–H and O–H groups in total. The number of rotatable bonds is 6. The molecule has 1 amide bonds. The summed E-state index contributed by atoms with van der Waals surface area (Å²) in [7, 11) is -3.74. The zero-order valence-corrected chi connectivity index (χ0v) is 19.3. The maximum absolute atomic E-state index is 12.8. The second-order valence-electron chi connectivity index (χ2n) is 7.42. The fourth-order valence-corrected chi connectivity index (χ4v) is 5.04. The van der Waals surface area contributed by atoms with Crippen LogP contribution in [0.25, 0.3) is 0 Å². The molecule has 162 valence electrons. The molecule has 6 nitrogen and oxygen atoms in total. The summed E-state index contributed by atoms with van der Waals surface area (Å²) in [6.07, 6.45) is 4.68. The molecule has 0 spiro atoms. The molecule has 1 aliphatic rings. The second-order valence-corrected chi connectivity index (χ2v) is 10.1.